The first-order valence-corrected chi connectivity index (χ1v) is 7.38. The summed E-state index contributed by atoms with van der Waals surface area (Å²) in [6, 6.07) is 5.73. The van der Waals surface area contributed by atoms with Crippen LogP contribution in [-0.4, -0.2) is 34.1 Å². The maximum Gasteiger partial charge on any atom is 0.208 e. The third-order valence-corrected chi connectivity index (χ3v) is 3.93. The standard InChI is InChI=1S/C13H16N4O2S/c1-8-15-13(17-16-8)20-7-10(14)9-2-3-11-12(6-9)19-5-4-18-11/h2-3,6,10H,4-5,7,14H2,1H3,(H,15,16,17). The quantitative estimate of drug-likeness (QED) is 0.834. The molecule has 2 aromatic rings. The van der Waals surface area contributed by atoms with E-state index in [0.29, 0.717) is 19.0 Å². The molecule has 0 spiro atoms. The van der Waals surface area contributed by atoms with Gasteiger partial charge in [-0.05, 0) is 24.6 Å². The van der Waals surface area contributed by atoms with E-state index in [0.717, 1.165) is 28.0 Å². The molecule has 1 aliphatic rings. The van der Waals surface area contributed by atoms with Gasteiger partial charge in [-0.1, -0.05) is 17.8 Å². The molecule has 0 fully saturated rings. The van der Waals surface area contributed by atoms with Gasteiger partial charge >= 0.3 is 0 Å². The zero-order valence-corrected chi connectivity index (χ0v) is 11.9. The van der Waals surface area contributed by atoms with Crippen LogP contribution in [-0.2, 0) is 0 Å². The first-order valence-electron chi connectivity index (χ1n) is 6.39. The van der Waals surface area contributed by atoms with Crippen molar-refractivity contribution in [3.8, 4) is 11.5 Å². The Balaban J connectivity index is 1.66. The molecule has 0 radical (unpaired) electrons. The fourth-order valence-corrected chi connectivity index (χ4v) is 2.77. The SMILES string of the molecule is Cc1nc(SCC(N)c2ccc3c(c2)OCCO3)n[nH]1. The minimum absolute atomic E-state index is 0.102. The van der Waals surface area contributed by atoms with Crippen LogP contribution >= 0.6 is 11.8 Å². The third-order valence-electron chi connectivity index (χ3n) is 2.96. The summed E-state index contributed by atoms with van der Waals surface area (Å²) >= 11 is 1.53. The Hall–Kier alpha value is -1.73. The van der Waals surface area contributed by atoms with Crippen LogP contribution in [0.15, 0.2) is 23.4 Å². The molecule has 0 aliphatic carbocycles. The molecule has 106 valence electrons. The van der Waals surface area contributed by atoms with Crippen molar-refractivity contribution in [2.45, 2.75) is 18.1 Å². The number of aromatic amines is 1. The predicted octanol–water partition coefficient (Wildman–Crippen LogP) is 1.68. The summed E-state index contributed by atoms with van der Waals surface area (Å²) in [7, 11) is 0. The van der Waals surface area contributed by atoms with Gasteiger partial charge in [0.05, 0.1) is 0 Å². The summed E-state index contributed by atoms with van der Waals surface area (Å²) in [4.78, 5) is 4.24. The van der Waals surface area contributed by atoms with E-state index < -0.39 is 0 Å². The van der Waals surface area contributed by atoms with Gasteiger partial charge in [0.1, 0.15) is 19.0 Å². The number of hydrogen-bond acceptors (Lipinski definition) is 6. The lowest BCUT2D eigenvalue weighted by Crippen LogP contribution is -2.17. The molecule has 6 nitrogen and oxygen atoms in total. The molecule has 1 aromatic heterocycles. The van der Waals surface area contributed by atoms with Crippen LogP contribution in [0.5, 0.6) is 11.5 Å². The Kier molecular flexibility index (Phi) is 3.79. The first kappa shape index (κ1) is 13.3. The lowest BCUT2D eigenvalue weighted by Gasteiger charge is -2.20. The van der Waals surface area contributed by atoms with E-state index in [1.165, 1.54) is 11.8 Å². The van der Waals surface area contributed by atoms with Gasteiger partial charge in [0.2, 0.25) is 5.16 Å². The van der Waals surface area contributed by atoms with Crippen molar-refractivity contribution < 1.29 is 9.47 Å². The molecule has 1 aliphatic heterocycles. The topological polar surface area (TPSA) is 86.1 Å². The lowest BCUT2D eigenvalue weighted by atomic mass is 10.1. The Morgan fingerprint density at radius 1 is 1.35 bits per heavy atom. The first-order chi connectivity index (χ1) is 9.72. The van der Waals surface area contributed by atoms with Crippen LogP contribution in [0.25, 0.3) is 0 Å². The summed E-state index contributed by atoms with van der Waals surface area (Å²) in [5.74, 6) is 3.06. The van der Waals surface area contributed by atoms with Crippen LogP contribution in [0.1, 0.15) is 17.4 Å². The average Bonchev–Trinajstić information content (AvgIpc) is 2.90. The van der Waals surface area contributed by atoms with E-state index in [9.17, 15) is 0 Å². The number of aryl methyl sites for hydroxylation is 1. The van der Waals surface area contributed by atoms with Crippen molar-refractivity contribution in [2.75, 3.05) is 19.0 Å². The molecular formula is C13H16N4O2S. The van der Waals surface area contributed by atoms with Crippen LogP contribution in [0.4, 0.5) is 0 Å². The van der Waals surface area contributed by atoms with Crippen molar-refractivity contribution in [3.05, 3.63) is 29.6 Å². The fraction of sp³-hybridized carbons (Fsp3) is 0.385. The number of nitrogens with one attached hydrogen (secondary N) is 1. The van der Waals surface area contributed by atoms with Crippen molar-refractivity contribution in [2.24, 2.45) is 5.73 Å². The highest BCUT2D eigenvalue weighted by atomic mass is 32.2. The second-order valence-electron chi connectivity index (χ2n) is 4.52. The molecule has 0 bridgehead atoms. The minimum atomic E-state index is -0.102. The van der Waals surface area contributed by atoms with E-state index in [2.05, 4.69) is 15.2 Å². The van der Waals surface area contributed by atoms with Crippen molar-refractivity contribution in [1.82, 2.24) is 15.2 Å². The summed E-state index contributed by atoms with van der Waals surface area (Å²) in [6.45, 7) is 3.05. The number of ether oxygens (including phenoxy) is 2. The molecule has 0 saturated carbocycles. The highest BCUT2D eigenvalue weighted by Crippen LogP contribution is 2.33. The number of nitrogens with zero attached hydrogens (tertiary/aromatic N) is 2. The molecule has 1 atom stereocenters. The van der Waals surface area contributed by atoms with Gasteiger partial charge in [0.25, 0.3) is 0 Å². The second-order valence-corrected chi connectivity index (χ2v) is 5.51. The van der Waals surface area contributed by atoms with E-state index >= 15 is 0 Å². The number of nitrogens with two attached hydrogens (primary N) is 1. The van der Waals surface area contributed by atoms with Gasteiger partial charge in [-0.15, -0.1) is 5.10 Å². The molecular weight excluding hydrogens is 276 g/mol. The number of aromatic nitrogens is 3. The highest BCUT2D eigenvalue weighted by Gasteiger charge is 2.15. The Morgan fingerprint density at radius 2 is 2.15 bits per heavy atom. The van der Waals surface area contributed by atoms with Crippen LogP contribution in [0.3, 0.4) is 0 Å². The maximum absolute atomic E-state index is 6.20. The summed E-state index contributed by atoms with van der Waals surface area (Å²) in [6.07, 6.45) is 0. The molecule has 1 aromatic carbocycles. The lowest BCUT2D eigenvalue weighted by molar-refractivity contribution is 0.171. The van der Waals surface area contributed by atoms with Crippen LogP contribution < -0.4 is 15.2 Å². The summed E-state index contributed by atoms with van der Waals surface area (Å²) < 4.78 is 11.1. The van der Waals surface area contributed by atoms with Gasteiger partial charge in [-0.3, -0.25) is 5.10 Å². The number of thioether (sulfide) groups is 1. The van der Waals surface area contributed by atoms with Crippen molar-refractivity contribution in [1.29, 1.82) is 0 Å². The monoisotopic (exact) mass is 292 g/mol. The molecule has 7 heteroatoms. The third kappa shape index (κ3) is 2.88. The molecule has 0 saturated heterocycles. The number of rotatable bonds is 4. The van der Waals surface area contributed by atoms with Crippen molar-refractivity contribution >= 4 is 11.8 Å². The van der Waals surface area contributed by atoms with E-state index in [1.807, 2.05) is 25.1 Å². The second kappa shape index (κ2) is 5.72. The Morgan fingerprint density at radius 3 is 2.90 bits per heavy atom. The summed E-state index contributed by atoms with van der Waals surface area (Å²) in [5, 5.41) is 7.61. The molecule has 2 heterocycles. The number of H-pyrrole nitrogens is 1. The Labute approximate surface area is 121 Å². The molecule has 3 N–H and O–H groups in total. The van der Waals surface area contributed by atoms with Gasteiger partial charge in [-0.25, -0.2) is 4.98 Å². The highest BCUT2D eigenvalue weighted by molar-refractivity contribution is 7.99. The van der Waals surface area contributed by atoms with Crippen LogP contribution in [0, 0.1) is 6.92 Å². The number of fused-ring (bicyclic) bond motifs is 1. The van der Waals surface area contributed by atoms with E-state index in [-0.39, 0.29) is 6.04 Å². The molecule has 0 amide bonds. The van der Waals surface area contributed by atoms with Gasteiger partial charge in [-0.2, -0.15) is 0 Å². The zero-order chi connectivity index (χ0) is 13.9. The normalized spacial score (nSPS) is 15.1. The van der Waals surface area contributed by atoms with E-state index in [1.54, 1.807) is 0 Å². The number of hydrogen-bond donors (Lipinski definition) is 2. The minimum Gasteiger partial charge on any atom is -0.486 e. The van der Waals surface area contributed by atoms with Crippen molar-refractivity contribution in [3.63, 3.8) is 0 Å². The summed E-state index contributed by atoms with van der Waals surface area (Å²) in [5.41, 5.74) is 7.22. The van der Waals surface area contributed by atoms with E-state index in [4.69, 9.17) is 15.2 Å². The molecule has 3 rings (SSSR count). The smallest absolute Gasteiger partial charge is 0.208 e. The van der Waals surface area contributed by atoms with Crippen LogP contribution in [0.2, 0.25) is 0 Å². The van der Waals surface area contributed by atoms with Gasteiger partial charge in [0.15, 0.2) is 11.5 Å². The van der Waals surface area contributed by atoms with Gasteiger partial charge < -0.3 is 15.2 Å². The zero-order valence-electron chi connectivity index (χ0n) is 11.1. The predicted molar refractivity (Wildman–Crippen MR) is 76.2 cm³/mol. The molecule has 1 unspecified atom stereocenters. The Bertz CT molecular complexity index is 602. The number of benzene rings is 1. The fourth-order valence-electron chi connectivity index (χ4n) is 1.94. The average molecular weight is 292 g/mol. The maximum atomic E-state index is 6.20. The largest absolute Gasteiger partial charge is 0.486 e. The van der Waals surface area contributed by atoms with Gasteiger partial charge in [0, 0.05) is 11.8 Å². The molecule has 20 heavy (non-hydrogen) atoms.